The van der Waals surface area contributed by atoms with Crippen LogP contribution in [-0.4, -0.2) is 6.54 Å². The Morgan fingerprint density at radius 3 is 2.25 bits per heavy atom. The smallest absolute Gasteiger partial charge is 0.0565 e. The number of para-hydroxylation sites is 1. The zero-order chi connectivity index (χ0) is 14.5. The lowest BCUT2D eigenvalue weighted by Gasteiger charge is -2.36. The van der Waals surface area contributed by atoms with Crippen molar-refractivity contribution in [1.82, 2.24) is 0 Å². The van der Waals surface area contributed by atoms with Crippen molar-refractivity contribution in [3.8, 4) is 0 Å². The highest BCUT2D eigenvalue weighted by Gasteiger charge is 2.23. The summed E-state index contributed by atoms with van der Waals surface area (Å²) in [6.07, 6.45) is 0. The molecule has 2 heteroatoms. The standard InChI is InChI=1S/C18H24N2/c1-4-20(17-11-6-5-7-12-17)18(14(2)3)15-9-8-10-16(19)13-15/h5-14,18H,4,19H2,1-3H3. The van der Waals surface area contributed by atoms with E-state index in [1.807, 2.05) is 12.1 Å². The molecule has 2 aromatic rings. The SMILES string of the molecule is CCN(c1ccccc1)C(c1cccc(N)c1)C(C)C. The van der Waals surface area contributed by atoms with Crippen molar-refractivity contribution in [3.05, 3.63) is 60.2 Å². The summed E-state index contributed by atoms with van der Waals surface area (Å²) in [6.45, 7) is 7.70. The Kier molecular flexibility index (Phi) is 4.67. The maximum absolute atomic E-state index is 5.96. The molecule has 0 fully saturated rings. The molecule has 0 radical (unpaired) electrons. The number of hydrogen-bond donors (Lipinski definition) is 1. The number of rotatable bonds is 5. The Balaban J connectivity index is 2.41. The van der Waals surface area contributed by atoms with Crippen molar-refractivity contribution in [2.75, 3.05) is 17.2 Å². The van der Waals surface area contributed by atoms with Crippen molar-refractivity contribution < 1.29 is 0 Å². The molecule has 2 N–H and O–H groups in total. The predicted molar refractivity (Wildman–Crippen MR) is 87.9 cm³/mol. The summed E-state index contributed by atoms with van der Waals surface area (Å²) in [6, 6.07) is 19.2. The van der Waals surface area contributed by atoms with Crippen LogP contribution in [0.4, 0.5) is 11.4 Å². The zero-order valence-corrected chi connectivity index (χ0v) is 12.6. The van der Waals surface area contributed by atoms with E-state index in [0.717, 1.165) is 12.2 Å². The van der Waals surface area contributed by atoms with Crippen LogP contribution >= 0.6 is 0 Å². The van der Waals surface area contributed by atoms with Gasteiger partial charge in [-0.2, -0.15) is 0 Å². The number of nitrogen functional groups attached to an aromatic ring is 1. The van der Waals surface area contributed by atoms with E-state index >= 15 is 0 Å². The lowest BCUT2D eigenvalue weighted by molar-refractivity contribution is 0.475. The van der Waals surface area contributed by atoms with Gasteiger partial charge < -0.3 is 10.6 Å². The molecule has 0 aliphatic rings. The fourth-order valence-electron chi connectivity index (χ4n) is 2.83. The first-order valence-corrected chi connectivity index (χ1v) is 7.30. The quantitative estimate of drug-likeness (QED) is 0.809. The molecule has 2 aromatic carbocycles. The molecule has 0 amide bonds. The van der Waals surface area contributed by atoms with Crippen LogP contribution in [0.15, 0.2) is 54.6 Å². The summed E-state index contributed by atoms with van der Waals surface area (Å²) in [5, 5.41) is 0. The van der Waals surface area contributed by atoms with Gasteiger partial charge >= 0.3 is 0 Å². The fourth-order valence-corrected chi connectivity index (χ4v) is 2.83. The average molecular weight is 268 g/mol. The van der Waals surface area contributed by atoms with Gasteiger partial charge in [0.1, 0.15) is 0 Å². The molecule has 0 saturated heterocycles. The molecule has 20 heavy (non-hydrogen) atoms. The minimum Gasteiger partial charge on any atom is -0.399 e. The molecule has 0 heterocycles. The topological polar surface area (TPSA) is 29.3 Å². The molecule has 2 rings (SSSR count). The summed E-state index contributed by atoms with van der Waals surface area (Å²) in [5.74, 6) is 0.511. The van der Waals surface area contributed by atoms with Gasteiger partial charge in [0.15, 0.2) is 0 Å². The summed E-state index contributed by atoms with van der Waals surface area (Å²) in [5.41, 5.74) is 9.33. The molecule has 0 aromatic heterocycles. The van der Waals surface area contributed by atoms with Crippen molar-refractivity contribution >= 4 is 11.4 Å². The highest BCUT2D eigenvalue weighted by Crippen LogP contribution is 2.33. The highest BCUT2D eigenvalue weighted by atomic mass is 15.2. The summed E-state index contributed by atoms with van der Waals surface area (Å²) < 4.78 is 0. The van der Waals surface area contributed by atoms with Gasteiger partial charge in [-0.25, -0.2) is 0 Å². The first-order valence-electron chi connectivity index (χ1n) is 7.30. The Hall–Kier alpha value is -1.96. The van der Waals surface area contributed by atoms with Crippen molar-refractivity contribution in [2.45, 2.75) is 26.8 Å². The van der Waals surface area contributed by atoms with Crippen LogP contribution in [-0.2, 0) is 0 Å². The normalized spacial score (nSPS) is 12.4. The largest absolute Gasteiger partial charge is 0.399 e. The number of anilines is 2. The Bertz CT molecular complexity index is 534. The van der Waals surface area contributed by atoms with E-state index in [4.69, 9.17) is 5.73 Å². The van der Waals surface area contributed by atoms with Gasteiger partial charge in [-0.15, -0.1) is 0 Å². The summed E-state index contributed by atoms with van der Waals surface area (Å²) in [7, 11) is 0. The third kappa shape index (κ3) is 3.13. The monoisotopic (exact) mass is 268 g/mol. The average Bonchev–Trinajstić information content (AvgIpc) is 2.45. The number of benzene rings is 2. The molecule has 0 aliphatic carbocycles. The molecule has 2 nitrogen and oxygen atoms in total. The molecular weight excluding hydrogens is 244 g/mol. The second-order valence-electron chi connectivity index (χ2n) is 5.48. The van der Waals surface area contributed by atoms with Gasteiger partial charge in [0.05, 0.1) is 6.04 Å². The van der Waals surface area contributed by atoms with Gasteiger partial charge in [-0.05, 0) is 42.7 Å². The molecule has 0 bridgehead atoms. The Labute approximate surface area is 122 Å². The third-order valence-electron chi connectivity index (χ3n) is 3.65. The zero-order valence-electron chi connectivity index (χ0n) is 12.6. The maximum atomic E-state index is 5.96. The Morgan fingerprint density at radius 1 is 1.00 bits per heavy atom. The van der Waals surface area contributed by atoms with E-state index in [1.54, 1.807) is 0 Å². The van der Waals surface area contributed by atoms with Crippen LogP contribution in [0.25, 0.3) is 0 Å². The van der Waals surface area contributed by atoms with Gasteiger partial charge in [-0.1, -0.05) is 44.2 Å². The lowest BCUT2D eigenvalue weighted by atomic mass is 9.93. The second kappa shape index (κ2) is 6.47. The van der Waals surface area contributed by atoms with Crippen molar-refractivity contribution in [2.24, 2.45) is 5.92 Å². The van der Waals surface area contributed by atoms with E-state index < -0.39 is 0 Å². The summed E-state index contributed by atoms with van der Waals surface area (Å²) >= 11 is 0. The van der Waals surface area contributed by atoms with E-state index in [2.05, 4.69) is 68.1 Å². The van der Waals surface area contributed by atoms with Crippen molar-refractivity contribution in [3.63, 3.8) is 0 Å². The van der Waals surface area contributed by atoms with E-state index in [-0.39, 0.29) is 0 Å². The van der Waals surface area contributed by atoms with E-state index in [9.17, 15) is 0 Å². The van der Waals surface area contributed by atoms with Crippen LogP contribution in [0.5, 0.6) is 0 Å². The maximum Gasteiger partial charge on any atom is 0.0565 e. The number of hydrogen-bond acceptors (Lipinski definition) is 2. The minimum absolute atomic E-state index is 0.339. The molecular formula is C18H24N2. The molecule has 1 unspecified atom stereocenters. The minimum atomic E-state index is 0.339. The first-order chi connectivity index (χ1) is 9.63. The fraction of sp³-hybridized carbons (Fsp3) is 0.333. The third-order valence-corrected chi connectivity index (χ3v) is 3.65. The molecule has 1 atom stereocenters. The molecule has 0 spiro atoms. The number of nitrogens with zero attached hydrogens (tertiary/aromatic N) is 1. The molecule has 0 saturated carbocycles. The first kappa shape index (κ1) is 14.4. The van der Waals surface area contributed by atoms with Crippen molar-refractivity contribution in [1.29, 1.82) is 0 Å². The molecule has 0 aliphatic heterocycles. The van der Waals surface area contributed by atoms with Gasteiger partial charge in [0.25, 0.3) is 0 Å². The lowest BCUT2D eigenvalue weighted by Crippen LogP contribution is -2.32. The van der Waals surface area contributed by atoms with E-state index in [1.165, 1.54) is 11.3 Å². The van der Waals surface area contributed by atoms with Crippen LogP contribution in [0.3, 0.4) is 0 Å². The Morgan fingerprint density at radius 2 is 1.70 bits per heavy atom. The van der Waals surface area contributed by atoms with Crippen LogP contribution in [0.1, 0.15) is 32.4 Å². The highest BCUT2D eigenvalue weighted by molar-refractivity contribution is 5.51. The predicted octanol–water partition coefficient (Wildman–Crippen LogP) is 4.49. The number of nitrogens with two attached hydrogens (primary N) is 1. The second-order valence-corrected chi connectivity index (χ2v) is 5.48. The molecule has 106 valence electrons. The van der Waals surface area contributed by atoms with Crippen LogP contribution < -0.4 is 10.6 Å². The van der Waals surface area contributed by atoms with Gasteiger partial charge in [0.2, 0.25) is 0 Å². The van der Waals surface area contributed by atoms with Gasteiger partial charge in [-0.3, -0.25) is 0 Å². The van der Waals surface area contributed by atoms with Crippen LogP contribution in [0, 0.1) is 5.92 Å². The van der Waals surface area contributed by atoms with Gasteiger partial charge in [0, 0.05) is 17.9 Å². The van der Waals surface area contributed by atoms with E-state index in [0.29, 0.717) is 12.0 Å². The van der Waals surface area contributed by atoms with Crippen LogP contribution in [0.2, 0.25) is 0 Å². The summed E-state index contributed by atoms with van der Waals surface area (Å²) in [4.78, 5) is 2.44.